The molecule has 1 aliphatic rings. The van der Waals surface area contributed by atoms with Crippen LogP contribution in [0.3, 0.4) is 0 Å². The molecule has 4 rings (SSSR count). The van der Waals surface area contributed by atoms with Crippen LogP contribution in [0.25, 0.3) is 5.69 Å². The second-order valence-corrected chi connectivity index (χ2v) is 7.94. The molecule has 2 aromatic heterocycles. The van der Waals surface area contributed by atoms with Crippen LogP contribution in [0.1, 0.15) is 47.4 Å². The Bertz CT molecular complexity index is 1040. The molecule has 0 spiro atoms. The highest BCUT2D eigenvalue weighted by Crippen LogP contribution is 2.33. The Labute approximate surface area is 179 Å². The molecule has 1 saturated heterocycles. The van der Waals surface area contributed by atoms with Crippen LogP contribution in [-0.4, -0.2) is 39.8 Å². The number of aromatic nitrogens is 2. The number of hydrogen-bond donors (Lipinski definition) is 1. The van der Waals surface area contributed by atoms with Crippen LogP contribution in [0, 0.1) is 6.92 Å². The fourth-order valence-electron chi connectivity index (χ4n) is 3.81. The number of ether oxygens (including phenoxy) is 1. The number of rotatable bonds is 5. The molecular weight excluding hydrogens is 400 g/mol. The van der Waals surface area contributed by atoms with Gasteiger partial charge in [-0.05, 0) is 67.3 Å². The first-order valence-electron chi connectivity index (χ1n) is 10.0. The monoisotopic (exact) mass is 424 g/mol. The molecule has 1 fully saturated rings. The summed E-state index contributed by atoms with van der Waals surface area (Å²) < 4.78 is 6.75. The predicted octanol–water partition coefficient (Wildman–Crippen LogP) is 4.79. The maximum Gasteiger partial charge on any atom is 0.341 e. The molecule has 3 aromatic rings. The number of anilines is 1. The Morgan fingerprint density at radius 1 is 1.33 bits per heavy atom. The van der Waals surface area contributed by atoms with Crippen molar-refractivity contribution in [3.05, 3.63) is 64.1 Å². The van der Waals surface area contributed by atoms with E-state index in [1.165, 1.54) is 11.8 Å². The van der Waals surface area contributed by atoms with Gasteiger partial charge in [-0.3, -0.25) is 0 Å². The van der Waals surface area contributed by atoms with Crippen molar-refractivity contribution in [1.29, 1.82) is 0 Å². The van der Waals surface area contributed by atoms with Crippen molar-refractivity contribution in [1.82, 2.24) is 14.7 Å². The van der Waals surface area contributed by atoms with Gasteiger partial charge in [0.05, 0.1) is 30.2 Å². The Morgan fingerprint density at radius 3 is 2.97 bits per heavy atom. The summed E-state index contributed by atoms with van der Waals surface area (Å²) in [5.41, 5.74) is 3.76. The van der Waals surface area contributed by atoms with Gasteiger partial charge < -0.3 is 15.0 Å². The van der Waals surface area contributed by atoms with Crippen LogP contribution < -0.4 is 5.32 Å². The van der Waals surface area contributed by atoms with Gasteiger partial charge >= 0.3 is 12.0 Å². The van der Waals surface area contributed by atoms with Crippen LogP contribution in [-0.2, 0) is 4.74 Å². The summed E-state index contributed by atoms with van der Waals surface area (Å²) in [6.45, 7) is 4.65. The number of urea groups is 1. The maximum absolute atomic E-state index is 12.9. The zero-order valence-corrected chi connectivity index (χ0v) is 17.8. The van der Waals surface area contributed by atoms with E-state index in [0.717, 1.165) is 25.1 Å². The average molecular weight is 425 g/mol. The van der Waals surface area contributed by atoms with E-state index in [0.29, 0.717) is 23.6 Å². The lowest BCUT2D eigenvalue weighted by Crippen LogP contribution is -2.34. The van der Waals surface area contributed by atoms with Crippen molar-refractivity contribution in [2.75, 3.05) is 18.5 Å². The molecule has 0 bridgehead atoms. The van der Waals surface area contributed by atoms with E-state index in [9.17, 15) is 9.59 Å². The first-order valence-corrected chi connectivity index (χ1v) is 10.9. The molecule has 30 heavy (non-hydrogen) atoms. The second kappa shape index (κ2) is 8.71. The Balaban J connectivity index is 1.52. The summed E-state index contributed by atoms with van der Waals surface area (Å²) in [7, 11) is 0. The van der Waals surface area contributed by atoms with Crippen molar-refractivity contribution in [2.45, 2.75) is 32.7 Å². The molecule has 1 aliphatic heterocycles. The molecular formula is C22H24N4O3S. The molecule has 156 valence electrons. The number of benzene rings is 1. The van der Waals surface area contributed by atoms with Crippen LogP contribution in [0.2, 0.25) is 0 Å². The second-order valence-electron chi connectivity index (χ2n) is 7.16. The van der Waals surface area contributed by atoms with Crippen LogP contribution >= 0.6 is 11.3 Å². The van der Waals surface area contributed by atoms with Gasteiger partial charge in [0.25, 0.3) is 0 Å². The fraction of sp³-hybridized carbons (Fsp3) is 0.318. The van der Waals surface area contributed by atoms with Gasteiger partial charge in [0.15, 0.2) is 0 Å². The highest BCUT2D eigenvalue weighted by molar-refractivity contribution is 7.08. The molecule has 0 radical (unpaired) electrons. The van der Waals surface area contributed by atoms with Gasteiger partial charge in [-0.1, -0.05) is 6.07 Å². The lowest BCUT2D eigenvalue weighted by atomic mass is 10.1. The summed E-state index contributed by atoms with van der Waals surface area (Å²) in [5.74, 6) is -0.390. The molecule has 1 unspecified atom stereocenters. The third-order valence-corrected chi connectivity index (χ3v) is 5.99. The smallest absolute Gasteiger partial charge is 0.341 e. The SMILES string of the molecule is CCOC(=O)c1cnn(-c2cccc(NC(=O)N3CCCC3c3ccsc3)c2)c1C. The lowest BCUT2D eigenvalue weighted by Gasteiger charge is -2.24. The van der Waals surface area contributed by atoms with Crippen molar-refractivity contribution in [3.63, 3.8) is 0 Å². The van der Waals surface area contributed by atoms with E-state index in [1.807, 2.05) is 41.5 Å². The molecule has 3 heterocycles. The minimum absolute atomic E-state index is 0.106. The van der Waals surface area contributed by atoms with E-state index in [2.05, 4.69) is 21.9 Å². The van der Waals surface area contributed by atoms with Crippen molar-refractivity contribution in [3.8, 4) is 5.69 Å². The van der Waals surface area contributed by atoms with E-state index < -0.39 is 0 Å². The molecule has 0 aliphatic carbocycles. The quantitative estimate of drug-likeness (QED) is 0.598. The van der Waals surface area contributed by atoms with E-state index >= 15 is 0 Å². The number of esters is 1. The number of amides is 2. The van der Waals surface area contributed by atoms with Gasteiger partial charge in [0, 0.05) is 12.2 Å². The minimum atomic E-state index is -0.390. The van der Waals surface area contributed by atoms with Gasteiger partial charge in [-0.15, -0.1) is 0 Å². The van der Waals surface area contributed by atoms with Crippen molar-refractivity contribution >= 4 is 29.0 Å². The van der Waals surface area contributed by atoms with Crippen molar-refractivity contribution in [2.24, 2.45) is 0 Å². The van der Waals surface area contributed by atoms with Gasteiger partial charge in [0.1, 0.15) is 5.56 Å². The summed E-state index contributed by atoms with van der Waals surface area (Å²) in [6, 6.07) is 9.55. The zero-order chi connectivity index (χ0) is 21.1. The van der Waals surface area contributed by atoms with Gasteiger partial charge in [-0.2, -0.15) is 16.4 Å². The van der Waals surface area contributed by atoms with Crippen molar-refractivity contribution < 1.29 is 14.3 Å². The first-order chi connectivity index (χ1) is 14.6. The van der Waals surface area contributed by atoms with E-state index in [1.54, 1.807) is 22.9 Å². The minimum Gasteiger partial charge on any atom is -0.462 e. The number of carbonyl (C=O) groups is 2. The molecule has 1 N–H and O–H groups in total. The number of likely N-dealkylation sites (tertiary alicyclic amines) is 1. The largest absolute Gasteiger partial charge is 0.462 e. The topological polar surface area (TPSA) is 76.5 Å². The summed E-state index contributed by atoms with van der Waals surface area (Å²) >= 11 is 1.65. The fourth-order valence-corrected chi connectivity index (χ4v) is 4.52. The van der Waals surface area contributed by atoms with Crippen LogP contribution in [0.5, 0.6) is 0 Å². The summed E-state index contributed by atoms with van der Waals surface area (Å²) in [4.78, 5) is 26.9. The van der Waals surface area contributed by atoms with E-state index in [4.69, 9.17) is 4.74 Å². The Kier molecular flexibility index (Phi) is 5.85. The van der Waals surface area contributed by atoms with Gasteiger partial charge in [-0.25, -0.2) is 14.3 Å². The molecule has 1 aromatic carbocycles. The normalized spacial score (nSPS) is 15.9. The number of thiophene rings is 1. The van der Waals surface area contributed by atoms with Crippen LogP contribution in [0.4, 0.5) is 10.5 Å². The zero-order valence-electron chi connectivity index (χ0n) is 17.0. The van der Waals surface area contributed by atoms with Gasteiger partial charge in [0.2, 0.25) is 0 Å². The number of carbonyl (C=O) groups excluding carboxylic acids is 2. The summed E-state index contributed by atoms with van der Waals surface area (Å²) in [6.07, 6.45) is 3.48. The standard InChI is InChI=1S/C22H24N4O3S/c1-3-29-21(27)19-13-23-26(15(19)2)18-7-4-6-17(12-18)24-22(28)25-10-5-8-20(25)16-9-11-30-14-16/h4,6-7,9,11-14,20H,3,5,8,10H2,1-2H3,(H,24,28). The van der Waals surface area contributed by atoms with E-state index in [-0.39, 0.29) is 18.0 Å². The highest BCUT2D eigenvalue weighted by Gasteiger charge is 2.30. The average Bonchev–Trinajstić information content (AvgIpc) is 3.48. The third-order valence-electron chi connectivity index (χ3n) is 5.29. The first kappa shape index (κ1) is 20.2. The lowest BCUT2D eigenvalue weighted by molar-refractivity contribution is 0.0525. The molecule has 0 saturated carbocycles. The number of nitrogens with one attached hydrogen (secondary N) is 1. The Morgan fingerprint density at radius 2 is 2.20 bits per heavy atom. The van der Waals surface area contributed by atoms with Crippen LogP contribution in [0.15, 0.2) is 47.3 Å². The molecule has 8 heteroatoms. The number of nitrogens with zero attached hydrogens (tertiary/aromatic N) is 3. The third kappa shape index (κ3) is 3.95. The number of hydrogen-bond acceptors (Lipinski definition) is 5. The highest BCUT2D eigenvalue weighted by atomic mass is 32.1. The predicted molar refractivity (Wildman–Crippen MR) is 116 cm³/mol. The molecule has 2 amide bonds. The maximum atomic E-state index is 12.9. The molecule has 1 atom stereocenters. The Hall–Kier alpha value is -3.13. The molecule has 7 nitrogen and oxygen atoms in total. The summed E-state index contributed by atoms with van der Waals surface area (Å²) in [5, 5.41) is 11.5.